The second kappa shape index (κ2) is 4.72. The molecular formula is C10H14ClN3O2S2. The smallest absolute Gasteiger partial charge is 0.252 e. The lowest BCUT2D eigenvalue weighted by molar-refractivity contribution is 0.309. The van der Waals surface area contributed by atoms with E-state index in [2.05, 4.69) is 14.6 Å². The zero-order valence-electron chi connectivity index (χ0n) is 9.67. The first-order chi connectivity index (χ1) is 8.56. The fraction of sp³-hybridized carbons (Fsp3) is 0.700. The third kappa shape index (κ3) is 2.30. The molecule has 1 aromatic rings. The quantitative estimate of drug-likeness (QED) is 0.914. The van der Waals surface area contributed by atoms with Gasteiger partial charge in [0.25, 0.3) is 10.0 Å². The third-order valence-corrected chi connectivity index (χ3v) is 6.70. The molecule has 0 aliphatic carbocycles. The van der Waals surface area contributed by atoms with Gasteiger partial charge < -0.3 is 0 Å². The molecule has 0 spiro atoms. The summed E-state index contributed by atoms with van der Waals surface area (Å²) >= 11 is 6.67. The van der Waals surface area contributed by atoms with Gasteiger partial charge in [-0.25, -0.2) is 18.1 Å². The van der Waals surface area contributed by atoms with Crippen LogP contribution in [0.15, 0.2) is 10.4 Å². The van der Waals surface area contributed by atoms with Gasteiger partial charge in [0.15, 0.2) is 8.68 Å². The summed E-state index contributed by atoms with van der Waals surface area (Å²) < 4.78 is 27.6. The highest BCUT2D eigenvalue weighted by molar-refractivity contribution is 7.91. The molecule has 1 aromatic heterocycles. The van der Waals surface area contributed by atoms with Crippen LogP contribution in [-0.4, -0.2) is 43.5 Å². The SMILES string of the molecule is O=S(=O)(NC1CCN2CCCC12)c1cnc(Cl)s1. The molecule has 2 aliphatic heterocycles. The van der Waals surface area contributed by atoms with Crippen LogP contribution in [0.5, 0.6) is 0 Å². The van der Waals surface area contributed by atoms with Crippen molar-refractivity contribution in [1.82, 2.24) is 14.6 Å². The van der Waals surface area contributed by atoms with Crippen LogP contribution in [0.2, 0.25) is 4.47 Å². The van der Waals surface area contributed by atoms with E-state index in [1.165, 1.54) is 6.20 Å². The Morgan fingerprint density at radius 3 is 3.00 bits per heavy atom. The summed E-state index contributed by atoms with van der Waals surface area (Å²) in [7, 11) is -3.47. The van der Waals surface area contributed by atoms with Gasteiger partial charge in [-0.1, -0.05) is 22.9 Å². The Morgan fingerprint density at radius 2 is 2.28 bits per heavy atom. The maximum Gasteiger partial charge on any atom is 0.252 e. The van der Waals surface area contributed by atoms with Crippen LogP contribution >= 0.6 is 22.9 Å². The van der Waals surface area contributed by atoms with Crippen molar-refractivity contribution in [2.45, 2.75) is 35.6 Å². The Labute approximate surface area is 115 Å². The predicted molar refractivity (Wildman–Crippen MR) is 70.4 cm³/mol. The van der Waals surface area contributed by atoms with E-state index < -0.39 is 10.0 Å². The molecule has 1 N–H and O–H groups in total. The minimum Gasteiger partial charge on any atom is -0.299 e. The van der Waals surface area contributed by atoms with Crippen molar-refractivity contribution in [3.8, 4) is 0 Å². The first-order valence-electron chi connectivity index (χ1n) is 5.94. The van der Waals surface area contributed by atoms with Crippen molar-refractivity contribution < 1.29 is 8.42 Å². The number of thiazole rings is 1. The Bertz CT molecular complexity index is 545. The molecule has 0 saturated carbocycles. The number of hydrogen-bond donors (Lipinski definition) is 1. The number of sulfonamides is 1. The molecule has 2 aliphatic rings. The molecule has 8 heteroatoms. The van der Waals surface area contributed by atoms with Gasteiger partial charge >= 0.3 is 0 Å². The van der Waals surface area contributed by atoms with Gasteiger partial charge in [-0.3, -0.25) is 4.90 Å². The lowest BCUT2D eigenvalue weighted by Crippen LogP contribution is -2.42. The van der Waals surface area contributed by atoms with Gasteiger partial charge in [-0.15, -0.1) is 0 Å². The normalized spacial score (nSPS) is 28.7. The van der Waals surface area contributed by atoms with E-state index in [9.17, 15) is 8.42 Å². The summed E-state index contributed by atoms with van der Waals surface area (Å²) in [6.45, 7) is 2.08. The van der Waals surface area contributed by atoms with E-state index in [4.69, 9.17) is 11.6 Å². The van der Waals surface area contributed by atoms with Crippen LogP contribution in [0.25, 0.3) is 0 Å². The summed E-state index contributed by atoms with van der Waals surface area (Å²) in [5.41, 5.74) is 0. The highest BCUT2D eigenvalue weighted by atomic mass is 35.5. The number of fused-ring (bicyclic) bond motifs is 1. The minimum absolute atomic E-state index is 0.0263. The Kier molecular flexibility index (Phi) is 3.36. The lowest BCUT2D eigenvalue weighted by atomic mass is 10.1. The number of nitrogens with zero attached hydrogens (tertiary/aromatic N) is 2. The number of nitrogens with one attached hydrogen (secondary N) is 1. The van der Waals surface area contributed by atoms with Crippen LogP contribution in [0.4, 0.5) is 0 Å². The van der Waals surface area contributed by atoms with Crippen molar-refractivity contribution in [2.75, 3.05) is 13.1 Å². The summed E-state index contributed by atoms with van der Waals surface area (Å²) in [6.07, 6.45) is 4.44. The molecule has 100 valence electrons. The molecule has 18 heavy (non-hydrogen) atoms. The highest BCUT2D eigenvalue weighted by Gasteiger charge is 2.39. The van der Waals surface area contributed by atoms with E-state index in [1.54, 1.807) is 0 Å². The number of aromatic nitrogens is 1. The van der Waals surface area contributed by atoms with Crippen LogP contribution in [0.1, 0.15) is 19.3 Å². The van der Waals surface area contributed by atoms with Crippen molar-refractivity contribution >= 4 is 33.0 Å². The van der Waals surface area contributed by atoms with Crippen molar-refractivity contribution in [1.29, 1.82) is 0 Å². The number of halogens is 1. The highest BCUT2D eigenvalue weighted by Crippen LogP contribution is 2.30. The zero-order chi connectivity index (χ0) is 12.8. The van der Waals surface area contributed by atoms with E-state index in [0.717, 1.165) is 43.7 Å². The second-order valence-electron chi connectivity index (χ2n) is 4.69. The summed E-state index contributed by atoms with van der Waals surface area (Å²) in [6, 6.07) is 0.390. The molecule has 0 bridgehead atoms. The van der Waals surface area contributed by atoms with E-state index in [0.29, 0.717) is 6.04 Å². The average Bonchev–Trinajstić information content (AvgIpc) is 2.96. The molecule has 2 atom stereocenters. The second-order valence-corrected chi connectivity index (χ2v) is 8.25. The average molecular weight is 308 g/mol. The van der Waals surface area contributed by atoms with E-state index in [1.807, 2.05) is 0 Å². The monoisotopic (exact) mass is 307 g/mol. The fourth-order valence-electron chi connectivity index (χ4n) is 2.84. The summed E-state index contributed by atoms with van der Waals surface area (Å²) in [5.74, 6) is 0. The molecule has 2 saturated heterocycles. The zero-order valence-corrected chi connectivity index (χ0v) is 12.1. The van der Waals surface area contributed by atoms with Gasteiger partial charge in [-0.05, 0) is 25.8 Å². The molecule has 0 radical (unpaired) electrons. The fourth-order valence-corrected chi connectivity index (χ4v) is 5.45. The van der Waals surface area contributed by atoms with Crippen molar-refractivity contribution in [3.63, 3.8) is 0 Å². The lowest BCUT2D eigenvalue weighted by Gasteiger charge is -2.20. The van der Waals surface area contributed by atoms with Crippen molar-refractivity contribution in [2.24, 2.45) is 0 Å². The summed E-state index contributed by atoms with van der Waals surface area (Å²) in [5, 5.41) is 0. The van der Waals surface area contributed by atoms with Gasteiger partial charge in [0.05, 0.1) is 6.20 Å². The first-order valence-corrected chi connectivity index (χ1v) is 8.62. The number of hydrogen-bond acceptors (Lipinski definition) is 5. The molecule has 2 fully saturated rings. The van der Waals surface area contributed by atoms with E-state index in [-0.39, 0.29) is 14.7 Å². The standard InChI is InChI=1S/C10H14ClN3O2S2/c11-10-12-6-9(17-10)18(15,16)13-7-3-5-14-4-1-2-8(7)14/h6-8,13H,1-5H2. The first kappa shape index (κ1) is 12.8. The van der Waals surface area contributed by atoms with Crippen LogP contribution in [0.3, 0.4) is 0 Å². The Balaban J connectivity index is 1.76. The Hall–Kier alpha value is -0.210. The maximum atomic E-state index is 12.2. The van der Waals surface area contributed by atoms with E-state index >= 15 is 0 Å². The van der Waals surface area contributed by atoms with Crippen LogP contribution < -0.4 is 4.72 Å². The van der Waals surface area contributed by atoms with Crippen LogP contribution in [-0.2, 0) is 10.0 Å². The molecule has 0 amide bonds. The predicted octanol–water partition coefficient (Wildman–Crippen LogP) is 1.31. The molecule has 0 aromatic carbocycles. The maximum absolute atomic E-state index is 12.2. The van der Waals surface area contributed by atoms with Gasteiger partial charge in [-0.2, -0.15) is 0 Å². The summed E-state index contributed by atoms with van der Waals surface area (Å²) in [4.78, 5) is 6.15. The molecule has 5 nitrogen and oxygen atoms in total. The van der Waals surface area contributed by atoms with Crippen LogP contribution in [0, 0.1) is 0 Å². The van der Waals surface area contributed by atoms with Gasteiger partial charge in [0.2, 0.25) is 0 Å². The largest absolute Gasteiger partial charge is 0.299 e. The number of rotatable bonds is 3. The molecule has 2 unspecified atom stereocenters. The molecule has 3 heterocycles. The topological polar surface area (TPSA) is 62.3 Å². The molecular weight excluding hydrogens is 294 g/mol. The molecule has 3 rings (SSSR count). The van der Waals surface area contributed by atoms with Crippen molar-refractivity contribution in [3.05, 3.63) is 10.7 Å². The Morgan fingerprint density at radius 1 is 1.44 bits per heavy atom. The minimum atomic E-state index is -3.47. The third-order valence-electron chi connectivity index (χ3n) is 3.63. The van der Waals surface area contributed by atoms with Gasteiger partial charge in [0.1, 0.15) is 0 Å². The van der Waals surface area contributed by atoms with Gasteiger partial charge in [0, 0.05) is 18.6 Å².